The number of hydrogen-bond donors (Lipinski definition) is 1. The predicted octanol–water partition coefficient (Wildman–Crippen LogP) is 4.31. The van der Waals surface area contributed by atoms with Gasteiger partial charge in [0, 0.05) is 44.7 Å². The van der Waals surface area contributed by atoms with Crippen molar-refractivity contribution in [1.82, 2.24) is 9.38 Å². The third kappa shape index (κ3) is 3.37. The maximum absolute atomic E-state index is 6.22. The highest BCUT2D eigenvalue weighted by Gasteiger charge is 2.19. The Kier molecular flexibility index (Phi) is 4.74. The fraction of sp³-hybridized carbons (Fsp3) is 0.350. The topological polar surface area (TPSA) is 41.8 Å². The lowest BCUT2D eigenvalue weighted by Crippen LogP contribution is -2.19. The standard InChI is InChI=1S/C20H23ClN4O/c1-24(2)16-8-5-14(6-9-16)19-20(22-12-17-4-3-11-26-17)25-13-15(21)7-10-18(25)23-19/h5-10,13,17,22H,3-4,11-12H2,1-2H3. The van der Waals surface area contributed by atoms with Gasteiger partial charge in [0.15, 0.2) is 0 Å². The molecule has 1 aliphatic rings. The highest BCUT2D eigenvalue weighted by atomic mass is 35.5. The molecule has 3 heterocycles. The minimum absolute atomic E-state index is 0.253. The van der Waals surface area contributed by atoms with Crippen LogP contribution < -0.4 is 10.2 Å². The summed E-state index contributed by atoms with van der Waals surface area (Å²) in [4.78, 5) is 6.92. The largest absolute Gasteiger partial charge is 0.378 e. The number of fused-ring (bicyclic) bond motifs is 1. The Morgan fingerprint density at radius 1 is 1.23 bits per heavy atom. The molecule has 26 heavy (non-hydrogen) atoms. The van der Waals surface area contributed by atoms with Gasteiger partial charge >= 0.3 is 0 Å². The van der Waals surface area contributed by atoms with Gasteiger partial charge in [0.2, 0.25) is 0 Å². The molecule has 1 saturated heterocycles. The van der Waals surface area contributed by atoms with Crippen molar-refractivity contribution >= 4 is 28.8 Å². The molecular weight excluding hydrogens is 348 g/mol. The average Bonchev–Trinajstić information content (AvgIpc) is 3.27. The van der Waals surface area contributed by atoms with Crippen molar-refractivity contribution in [3.05, 3.63) is 47.6 Å². The summed E-state index contributed by atoms with van der Waals surface area (Å²) in [5.41, 5.74) is 4.03. The molecule has 0 amide bonds. The van der Waals surface area contributed by atoms with Gasteiger partial charge in [-0.2, -0.15) is 0 Å². The first-order valence-corrected chi connectivity index (χ1v) is 9.30. The number of anilines is 2. The van der Waals surface area contributed by atoms with Crippen LogP contribution in [0.4, 0.5) is 11.5 Å². The zero-order valence-corrected chi connectivity index (χ0v) is 15.8. The quantitative estimate of drug-likeness (QED) is 0.726. The van der Waals surface area contributed by atoms with E-state index in [2.05, 4.69) is 34.5 Å². The summed E-state index contributed by atoms with van der Waals surface area (Å²) in [6.07, 6.45) is 4.38. The molecule has 1 aliphatic heterocycles. The van der Waals surface area contributed by atoms with Crippen molar-refractivity contribution < 1.29 is 4.74 Å². The summed E-state index contributed by atoms with van der Waals surface area (Å²) >= 11 is 6.22. The van der Waals surface area contributed by atoms with Crippen LogP contribution in [-0.4, -0.2) is 42.7 Å². The minimum Gasteiger partial charge on any atom is -0.378 e. The number of imidazole rings is 1. The van der Waals surface area contributed by atoms with Crippen molar-refractivity contribution in [2.45, 2.75) is 18.9 Å². The number of aromatic nitrogens is 2. The zero-order valence-electron chi connectivity index (χ0n) is 15.1. The zero-order chi connectivity index (χ0) is 18.1. The summed E-state index contributed by atoms with van der Waals surface area (Å²) in [5, 5.41) is 4.23. The van der Waals surface area contributed by atoms with Gasteiger partial charge in [0.05, 0.1) is 11.1 Å². The SMILES string of the molecule is CN(C)c1ccc(-c2nc3ccc(Cl)cn3c2NCC2CCCO2)cc1. The van der Waals surface area contributed by atoms with Crippen LogP contribution in [0.2, 0.25) is 5.02 Å². The maximum atomic E-state index is 6.22. The first-order chi connectivity index (χ1) is 12.6. The van der Waals surface area contributed by atoms with Gasteiger partial charge in [0.1, 0.15) is 17.2 Å². The summed E-state index contributed by atoms with van der Waals surface area (Å²) in [7, 11) is 4.08. The van der Waals surface area contributed by atoms with Gasteiger partial charge in [-0.05, 0) is 37.1 Å². The van der Waals surface area contributed by atoms with Crippen LogP contribution in [0.1, 0.15) is 12.8 Å². The molecule has 3 aromatic rings. The molecule has 0 radical (unpaired) electrons. The lowest BCUT2D eigenvalue weighted by Gasteiger charge is -2.14. The molecule has 5 nitrogen and oxygen atoms in total. The van der Waals surface area contributed by atoms with E-state index in [0.29, 0.717) is 5.02 Å². The summed E-state index contributed by atoms with van der Waals surface area (Å²) in [6, 6.07) is 12.2. The van der Waals surface area contributed by atoms with Crippen LogP contribution in [-0.2, 0) is 4.74 Å². The number of halogens is 1. The highest BCUT2D eigenvalue weighted by Crippen LogP contribution is 2.31. The van der Waals surface area contributed by atoms with Gasteiger partial charge < -0.3 is 15.0 Å². The van der Waals surface area contributed by atoms with Crippen molar-refractivity contribution in [2.75, 3.05) is 37.5 Å². The molecule has 0 spiro atoms. The van der Waals surface area contributed by atoms with Crippen LogP contribution in [0, 0.1) is 0 Å². The number of nitrogens with zero attached hydrogens (tertiary/aromatic N) is 3. The number of hydrogen-bond acceptors (Lipinski definition) is 4. The van der Waals surface area contributed by atoms with E-state index in [9.17, 15) is 0 Å². The van der Waals surface area contributed by atoms with Gasteiger partial charge in [-0.15, -0.1) is 0 Å². The first-order valence-electron chi connectivity index (χ1n) is 8.92. The van der Waals surface area contributed by atoms with E-state index >= 15 is 0 Å². The molecule has 1 unspecified atom stereocenters. The number of ether oxygens (including phenoxy) is 1. The van der Waals surface area contributed by atoms with Gasteiger partial charge in [-0.25, -0.2) is 4.98 Å². The summed E-state index contributed by atoms with van der Waals surface area (Å²) in [5.74, 6) is 0.954. The Morgan fingerprint density at radius 2 is 2.04 bits per heavy atom. The fourth-order valence-electron chi connectivity index (χ4n) is 3.32. The van der Waals surface area contributed by atoms with E-state index in [-0.39, 0.29) is 6.10 Å². The van der Waals surface area contributed by atoms with Gasteiger partial charge in [0.25, 0.3) is 0 Å². The molecule has 1 aromatic carbocycles. The summed E-state index contributed by atoms with van der Waals surface area (Å²) in [6.45, 7) is 1.62. The second-order valence-electron chi connectivity index (χ2n) is 6.84. The third-order valence-electron chi connectivity index (χ3n) is 4.76. The molecule has 2 aromatic heterocycles. The van der Waals surface area contributed by atoms with Gasteiger partial charge in [-0.1, -0.05) is 23.7 Å². The highest BCUT2D eigenvalue weighted by molar-refractivity contribution is 6.30. The van der Waals surface area contributed by atoms with Crippen molar-refractivity contribution in [3.63, 3.8) is 0 Å². The molecule has 6 heteroatoms. The molecule has 4 rings (SSSR count). The van der Waals surface area contributed by atoms with E-state index in [1.807, 2.05) is 36.8 Å². The van der Waals surface area contributed by atoms with Crippen LogP contribution in [0.15, 0.2) is 42.6 Å². The Balaban J connectivity index is 1.73. The maximum Gasteiger partial charge on any atom is 0.139 e. The fourth-order valence-corrected chi connectivity index (χ4v) is 3.48. The lowest BCUT2D eigenvalue weighted by molar-refractivity contribution is 0.120. The number of nitrogens with one attached hydrogen (secondary N) is 1. The summed E-state index contributed by atoms with van der Waals surface area (Å²) < 4.78 is 7.77. The Bertz CT molecular complexity index is 898. The normalized spacial score (nSPS) is 17.0. The van der Waals surface area contributed by atoms with Crippen molar-refractivity contribution in [1.29, 1.82) is 0 Å². The van der Waals surface area contributed by atoms with E-state index in [0.717, 1.165) is 54.4 Å². The molecule has 136 valence electrons. The molecule has 0 bridgehead atoms. The first kappa shape index (κ1) is 17.2. The van der Waals surface area contributed by atoms with Crippen LogP contribution in [0.25, 0.3) is 16.9 Å². The smallest absolute Gasteiger partial charge is 0.139 e. The number of pyridine rings is 1. The number of benzene rings is 1. The van der Waals surface area contributed by atoms with Crippen LogP contribution in [0.3, 0.4) is 0 Å². The molecule has 1 atom stereocenters. The molecule has 0 saturated carbocycles. The predicted molar refractivity (Wildman–Crippen MR) is 107 cm³/mol. The second-order valence-corrected chi connectivity index (χ2v) is 7.28. The Hall–Kier alpha value is -2.24. The van der Waals surface area contributed by atoms with E-state index < -0.39 is 0 Å². The molecule has 1 N–H and O–H groups in total. The third-order valence-corrected chi connectivity index (χ3v) is 4.98. The molecule has 0 aliphatic carbocycles. The lowest BCUT2D eigenvalue weighted by atomic mass is 10.1. The Labute approximate surface area is 158 Å². The monoisotopic (exact) mass is 370 g/mol. The number of rotatable bonds is 5. The van der Waals surface area contributed by atoms with Crippen LogP contribution >= 0.6 is 11.6 Å². The molecule has 1 fully saturated rings. The van der Waals surface area contributed by atoms with E-state index in [1.165, 1.54) is 0 Å². The average molecular weight is 371 g/mol. The van der Waals surface area contributed by atoms with Crippen molar-refractivity contribution in [2.24, 2.45) is 0 Å². The van der Waals surface area contributed by atoms with E-state index in [4.69, 9.17) is 21.3 Å². The van der Waals surface area contributed by atoms with Crippen LogP contribution in [0.5, 0.6) is 0 Å². The second kappa shape index (κ2) is 7.17. The minimum atomic E-state index is 0.253. The molecular formula is C20H23ClN4O. The van der Waals surface area contributed by atoms with Crippen molar-refractivity contribution in [3.8, 4) is 11.3 Å². The Morgan fingerprint density at radius 3 is 2.73 bits per heavy atom. The van der Waals surface area contributed by atoms with E-state index in [1.54, 1.807) is 0 Å². The van der Waals surface area contributed by atoms with Gasteiger partial charge in [-0.3, -0.25) is 4.40 Å².